The van der Waals surface area contributed by atoms with Crippen LogP contribution in [0.15, 0.2) is 66.2 Å². The lowest BCUT2D eigenvalue weighted by Gasteiger charge is -2.37. The smallest absolute Gasteiger partial charge is 0.307 e. The summed E-state index contributed by atoms with van der Waals surface area (Å²) >= 11 is 0. The van der Waals surface area contributed by atoms with Gasteiger partial charge >= 0.3 is 23.9 Å². The highest BCUT2D eigenvalue weighted by atomic mass is 19.4. The predicted octanol–water partition coefficient (Wildman–Crippen LogP) is 7.71. The summed E-state index contributed by atoms with van der Waals surface area (Å²) in [6.45, 7) is 2.16. The van der Waals surface area contributed by atoms with Gasteiger partial charge in [0.05, 0.1) is 17.7 Å². The second-order valence-electron chi connectivity index (χ2n) is 8.78. The molecule has 0 saturated carbocycles. The molecule has 36 heavy (non-hydrogen) atoms. The van der Waals surface area contributed by atoms with Crippen LogP contribution in [0.25, 0.3) is 5.70 Å². The van der Waals surface area contributed by atoms with E-state index in [-0.39, 0.29) is 24.2 Å². The van der Waals surface area contributed by atoms with Crippen molar-refractivity contribution in [2.45, 2.75) is 57.2 Å². The number of hydrogen-bond acceptors (Lipinski definition) is 1. The van der Waals surface area contributed by atoms with Gasteiger partial charge in [-0.05, 0) is 30.0 Å². The second-order valence-corrected chi connectivity index (χ2v) is 8.78. The highest BCUT2D eigenvalue weighted by Crippen LogP contribution is 2.59. The molecule has 2 nitrogen and oxygen atoms in total. The third-order valence-electron chi connectivity index (χ3n) is 6.31. The van der Waals surface area contributed by atoms with E-state index in [4.69, 9.17) is 0 Å². The Morgan fingerprint density at radius 1 is 0.778 bits per heavy atom. The number of rotatable bonds is 8. The van der Waals surface area contributed by atoms with Gasteiger partial charge in [-0.1, -0.05) is 67.6 Å². The number of halogens is 9. The fourth-order valence-corrected chi connectivity index (χ4v) is 4.50. The van der Waals surface area contributed by atoms with Crippen molar-refractivity contribution in [3.63, 3.8) is 0 Å². The molecule has 0 bridgehead atoms. The Labute approximate surface area is 201 Å². The van der Waals surface area contributed by atoms with Gasteiger partial charge in [0.25, 0.3) is 0 Å². The van der Waals surface area contributed by atoms with Crippen LogP contribution in [0.4, 0.5) is 39.5 Å². The lowest BCUT2D eigenvalue weighted by Crippen LogP contribution is -2.62. The minimum Gasteiger partial charge on any atom is -0.307 e. The molecule has 1 heterocycles. The monoisotopic (exact) mass is 523 g/mol. The van der Waals surface area contributed by atoms with Crippen LogP contribution in [0, 0.1) is 5.41 Å². The van der Waals surface area contributed by atoms with E-state index in [2.05, 4.69) is 0 Å². The molecule has 0 spiro atoms. The molecule has 0 N–H and O–H groups in total. The van der Waals surface area contributed by atoms with Crippen molar-refractivity contribution in [2.75, 3.05) is 0 Å². The van der Waals surface area contributed by atoms with Crippen LogP contribution in [0.2, 0.25) is 0 Å². The van der Waals surface area contributed by atoms with Crippen molar-refractivity contribution < 1.29 is 44.3 Å². The van der Waals surface area contributed by atoms with E-state index in [0.29, 0.717) is 11.1 Å². The van der Waals surface area contributed by atoms with Crippen molar-refractivity contribution in [3.8, 4) is 0 Å². The molecule has 11 heteroatoms. The van der Waals surface area contributed by atoms with Crippen molar-refractivity contribution >= 4 is 11.6 Å². The summed E-state index contributed by atoms with van der Waals surface area (Å²) in [5, 5.41) is 0. The maximum absolute atomic E-state index is 14.8. The molecule has 2 aromatic carbocycles. The first-order valence-corrected chi connectivity index (χ1v) is 10.9. The summed E-state index contributed by atoms with van der Waals surface area (Å²) in [6, 6.07) is 16.2. The largest absolute Gasteiger partial charge is 0.460 e. The van der Waals surface area contributed by atoms with Gasteiger partial charge in [-0.15, -0.1) is 0 Å². The van der Waals surface area contributed by atoms with E-state index in [1.54, 1.807) is 60.7 Å². The standard InChI is InChI=1S/C25H22F9NO/c1-3-18-19(17-12-8-5-9-13-17)35(14-16-10-6-4-7-11-16)20(36)21(18,2)15-22(26,27)23(28,29)24(30,31)25(32,33)34/h4-13H,3,14-15H2,1-2H3. The maximum atomic E-state index is 14.8. The van der Waals surface area contributed by atoms with Crippen molar-refractivity contribution in [1.82, 2.24) is 4.90 Å². The van der Waals surface area contributed by atoms with Crippen LogP contribution in [0.5, 0.6) is 0 Å². The zero-order chi connectivity index (χ0) is 27.2. The number of amides is 1. The van der Waals surface area contributed by atoms with Gasteiger partial charge < -0.3 is 4.90 Å². The Balaban J connectivity index is 2.15. The van der Waals surface area contributed by atoms with Crippen molar-refractivity contribution in [2.24, 2.45) is 5.41 Å². The number of carbonyl (C=O) groups is 1. The highest BCUT2D eigenvalue weighted by Gasteiger charge is 2.82. The number of alkyl halides is 9. The molecule has 3 rings (SSSR count). The van der Waals surface area contributed by atoms with Gasteiger partial charge in [-0.2, -0.15) is 39.5 Å². The van der Waals surface area contributed by atoms with Crippen LogP contribution in [-0.4, -0.2) is 34.8 Å². The maximum Gasteiger partial charge on any atom is 0.460 e. The molecule has 0 fully saturated rings. The molecule has 1 aliphatic rings. The molecular weight excluding hydrogens is 501 g/mol. The van der Waals surface area contributed by atoms with E-state index < -0.39 is 41.7 Å². The van der Waals surface area contributed by atoms with E-state index in [0.717, 1.165) is 11.8 Å². The summed E-state index contributed by atoms with van der Waals surface area (Å²) in [4.78, 5) is 14.6. The average molecular weight is 523 g/mol. The Bertz CT molecular complexity index is 1130. The zero-order valence-corrected chi connectivity index (χ0v) is 19.2. The molecular formula is C25H22F9NO. The fourth-order valence-electron chi connectivity index (χ4n) is 4.50. The predicted molar refractivity (Wildman–Crippen MR) is 114 cm³/mol. The number of hydrogen-bond donors (Lipinski definition) is 0. The van der Waals surface area contributed by atoms with E-state index in [1.165, 1.54) is 6.92 Å². The van der Waals surface area contributed by atoms with Gasteiger partial charge in [0.1, 0.15) is 0 Å². The van der Waals surface area contributed by atoms with Crippen LogP contribution in [-0.2, 0) is 11.3 Å². The SMILES string of the molecule is CCC1=C(c2ccccc2)N(Cc2ccccc2)C(=O)C1(C)CC(F)(F)C(F)(F)C(F)(F)C(F)(F)F. The molecule has 0 aliphatic carbocycles. The lowest BCUT2D eigenvalue weighted by atomic mass is 9.74. The third-order valence-corrected chi connectivity index (χ3v) is 6.31. The minimum atomic E-state index is -7.02. The molecule has 0 aromatic heterocycles. The molecule has 0 radical (unpaired) electrons. The molecule has 1 atom stereocenters. The van der Waals surface area contributed by atoms with Crippen LogP contribution in [0.1, 0.15) is 37.8 Å². The number of benzene rings is 2. The Hall–Kier alpha value is -2.98. The van der Waals surface area contributed by atoms with Gasteiger partial charge in [0, 0.05) is 6.42 Å². The fraction of sp³-hybridized carbons (Fsp3) is 0.400. The van der Waals surface area contributed by atoms with Crippen LogP contribution < -0.4 is 0 Å². The number of carbonyl (C=O) groups excluding carboxylic acids is 1. The van der Waals surface area contributed by atoms with Crippen LogP contribution in [0.3, 0.4) is 0 Å². The minimum absolute atomic E-state index is 0.0690. The molecule has 1 aliphatic heterocycles. The topological polar surface area (TPSA) is 20.3 Å². The summed E-state index contributed by atoms with van der Waals surface area (Å²) in [5.41, 5.74) is -1.50. The molecule has 1 unspecified atom stereocenters. The second kappa shape index (κ2) is 9.15. The highest BCUT2D eigenvalue weighted by molar-refractivity contribution is 6.00. The lowest BCUT2D eigenvalue weighted by molar-refractivity contribution is -0.398. The van der Waals surface area contributed by atoms with Gasteiger partial charge in [-0.3, -0.25) is 4.79 Å². The van der Waals surface area contributed by atoms with Crippen molar-refractivity contribution in [1.29, 1.82) is 0 Å². The molecule has 1 amide bonds. The first-order valence-electron chi connectivity index (χ1n) is 10.9. The Morgan fingerprint density at radius 3 is 1.75 bits per heavy atom. The summed E-state index contributed by atoms with van der Waals surface area (Å²) in [6.07, 6.45) is -9.31. The summed E-state index contributed by atoms with van der Waals surface area (Å²) in [5.74, 6) is -20.8. The Morgan fingerprint density at radius 2 is 1.28 bits per heavy atom. The molecule has 2 aromatic rings. The third kappa shape index (κ3) is 4.37. The van der Waals surface area contributed by atoms with E-state index in [1.807, 2.05) is 0 Å². The first-order chi connectivity index (χ1) is 16.5. The van der Waals surface area contributed by atoms with E-state index in [9.17, 15) is 44.3 Å². The zero-order valence-electron chi connectivity index (χ0n) is 19.2. The summed E-state index contributed by atoms with van der Waals surface area (Å²) in [7, 11) is 0. The quantitative estimate of drug-likeness (QED) is 0.325. The van der Waals surface area contributed by atoms with Gasteiger partial charge in [-0.25, -0.2) is 0 Å². The van der Waals surface area contributed by atoms with Gasteiger partial charge in [0.15, 0.2) is 0 Å². The average Bonchev–Trinajstić information content (AvgIpc) is 2.99. The van der Waals surface area contributed by atoms with E-state index >= 15 is 0 Å². The van der Waals surface area contributed by atoms with Crippen molar-refractivity contribution in [3.05, 3.63) is 77.4 Å². The number of nitrogens with zero attached hydrogens (tertiary/aromatic N) is 1. The summed E-state index contributed by atoms with van der Waals surface area (Å²) < 4.78 is 123. The molecule has 0 saturated heterocycles. The normalized spacial score (nSPS) is 19.9. The van der Waals surface area contributed by atoms with Crippen LogP contribution >= 0.6 is 0 Å². The Kier molecular flexibility index (Phi) is 7.02. The first kappa shape index (κ1) is 27.6. The van der Waals surface area contributed by atoms with Gasteiger partial charge in [0.2, 0.25) is 5.91 Å². The molecule has 196 valence electrons.